The number of hydrogen-bond donors (Lipinski definition) is 1. The smallest absolute Gasteiger partial charge is 0.410 e. The van der Waals surface area contributed by atoms with Crippen molar-refractivity contribution in [3.63, 3.8) is 0 Å². The molecule has 1 aromatic heterocycles. The Morgan fingerprint density at radius 1 is 1.30 bits per heavy atom. The summed E-state index contributed by atoms with van der Waals surface area (Å²) in [6.45, 7) is 5.11. The van der Waals surface area contributed by atoms with Gasteiger partial charge in [-0.1, -0.05) is 0 Å². The molecule has 0 spiro atoms. The maximum absolute atomic E-state index is 12.0. The van der Waals surface area contributed by atoms with Gasteiger partial charge in [-0.05, 0) is 26.8 Å². The monoisotopic (exact) mass is 421 g/mol. The summed E-state index contributed by atoms with van der Waals surface area (Å²) >= 11 is 0. The highest BCUT2D eigenvalue weighted by Crippen LogP contribution is 2.29. The number of amides is 1. The van der Waals surface area contributed by atoms with Crippen LogP contribution in [0.15, 0.2) is 30.7 Å². The van der Waals surface area contributed by atoms with E-state index in [9.17, 15) is 29.8 Å². The highest BCUT2D eigenvalue weighted by atomic mass is 16.6. The second-order valence-electron chi connectivity index (χ2n) is 7.01. The number of aromatic nitrogens is 2. The maximum atomic E-state index is 12.0. The van der Waals surface area contributed by atoms with Gasteiger partial charge in [-0.15, -0.1) is 0 Å². The molecule has 2 rings (SSSR count). The standard InChI is InChI=1S/C17H19N5O8/c1-17(2,3)30-16(24)19-15(29-10-23)7-12-8-18-9-20(12)13-5-4-11(21(25)26)6-14(13)22(27)28/h4-6,8-10,15H,7H2,1-3H3,(H,19,24)/t15-/m1/s1. The van der Waals surface area contributed by atoms with Gasteiger partial charge in [0.1, 0.15) is 11.3 Å². The summed E-state index contributed by atoms with van der Waals surface area (Å²) in [6.07, 6.45) is 0.524. The fourth-order valence-corrected chi connectivity index (χ4v) is 2.49. The van der Waals surface area contributed by atoms with E-state index in [1.165, 1.54) is 23.2 Å². The van der Waals surface area contributed by atoms with Crippen LogP contribution in [0.25, 0.3) is 5.69 Å². The number of nitro benzene ring substituents is 2. The topological polar surface area (TPSA) is 169 Å². The Balaban J connectivity index is 2.33. The lowest BCUT2D eigenvalue weighted by molar-refractivity contribution is -0.394. The first-order chi connectivity index (χ1) is 14.0. The molecule has 1 atom stereocenters. The molecule has 0 fully saturated rings. The molecule has 0 bridgehead atoms. The Kier molecular flexibility index (Phi) is 6.66. The third-order valence-electron chi connectivity index (χ3n) is 3.63. The van der Waals surface area contributed by atoms with Crippen LogP contribution < -0.4 is 5.32 Å². The third-order valence-corrected chi connectivity index (χ3v) is 3.63. The molecule has 0 radical (unpaired) electrons. The minimum Gasteiger partial charge on any atom is -0.444 e. The van der Waals surface area contributed by atoms with Crippen molar-refractivity contribution >= 4 is 23.9 Å². The van der Waals surface area contributed by atoms with Crippen molar-refractivity contribution in [2.75, 3.05) is 0 Å². The van der Waals surface area contributed by atoms with Crippen molar-refractivity contribution in [2.45, 2.75) is 39.0 Å². The molecule has 2 aromatic rings. The van der Waals surface area contributed by atoms with Gasteiger partial charge in [0.05, 0.1) is 22.2 Å². The van der Waals surface area contributed by atoms with Gasteiger partial charge in [0.2, 0.25) is 0 Å². The molecule has 0 saturated carbocycles. The minimum absolute atomic E-state index is 0.0141. The lowest BCUT2D eigenvalue weighted by atomic mass is 10.2. The van der Waals surface area contributed by atoms with Crippen LogP contribution in [0.3, 0.4) is 0 Å². The normalized spacial score (nSPS) is 12.0. The van der Waals surface area contributed by atoms with Crippen molar-refractivity contribution in [3.8, 4) is 5.69 Å². The van der Waals surface area contributed by atoms with Crippen molar-refractivity contribution < 1.29 is 28.9 Å². The predicted molar refractivity (Wildman–Crippen MR) is 101 cm³/mol. The summed E-state index contributed by atoms with van der Waals surface area (Å²) in [6, 6.07) is 3.15. The number of nitrogens with zero attached hydrogens (tertiary/aromatic N) is 4. The third kappa shape index (κ3) is 5.73. The Morgan fingerprint density at radius 2 is 2.00 bits per heavy atom. The fraction of sp³-hybridized carbons (Fsp3) is 0.353. The van der Waals surface area contributed by atoms with E-state index < -0.39 is 39.1 Å². The zero-order chi connectivity index (χ0) is 22.5. The summed E-state index contributed by atoms with van der Waals surface area (Å²) in [5, 5.41) is 24.7. The van der Waals surface area contributed by atoms with Gasteiger partial charge in [-0.2, -0.15) is 0 Å². The van der Waals surface area contributed by atoms with E-state index in [1.54, 1.807) is 20.8 Å². The van der Waals surface area contributed by atoms with Crippen LogP contribution in [0.5, 0.6) is 0 Å². The first-order valence-electron chi connectivity index (χ1n) is 8.55. The fourth-order valence-electron chi connectivity index (χ4n) is 2.49. The molecule has 30 heavy (non-hydrogen) atoms. The molecule has 0 saturated heterocycles. The van der Waals surface area contributed by atoms with Gasteiger partial charge >= 0.3 is 6.09 Å². The van der Waals surface area contributed by atoms with Crippen molar-refractivity contribution in [1.82, 2.24) is 14.9 Å². The lowest BCUT2D eigenvalue weighted by Crippen LogP contribution is -2.41. The molecule has 1 amide bonds. The molecule has 1 aromatic carbocycles. The highest BCUT2D eigenvalue weighted by Gasteiger charge is 2.25. The van der Waals surface area contributed by atoms with E-state index in [1.807, 2.05) is 0 Å². The summed E-state index contributed by atoms with van der Waals surface area (Å²) in [4.78, 5) is 47.5. The maximum Gasteiger partial charge on any atom is 0.410 e. The number of ether oxygens (including phenoxy) is 2. The van der Waals surface area contributed by atoms with Crippen LogP contribution in [0.4, 0.5) is 16.2 Å². The van der Waals surface area contributed by atoms with Crippen LogP contribution in [0, 0.1) is 20.2 Å². The number of benzene rings is 1. The van der Waals surface area contributed by atoms with Crippen LogP contribution in [-0.4, -0.2) is 43.8 Å². The number of hydrogen-bond acceptors (Lipinski definition) is 9. The Bertz CT molecular complexity index is 965. The second-order valence-corrected chi connectivity index (χ2v) is 7.01. The summed E-state index contributed by atoms with van der Waals surface area (Å²) in [5.74, 6) is 0. The molecule has 0 aliphatic carbocycles. The Labute approximate surface area is 169 Å². The van der Waals surface area contributed by atoms with Gasteiger partial charge < -0.3 is 9.47 Å². The van der Waals surface area contributed by atoms with E-state index in [0.717, 1.165) is 12.1 Å². The predicted octanol–water partition coefficient (Wildman–Crippen LogP) is 2.25. The first kappa shape index (κ1) is 22.3. The average Bonchev–Trinajstić information content (AvgIpc) is 3.07. The van der Waals surface area contributed by atoms with Crippen LogP contribution in [-0.2, 0) is 20.7 Å². The molecular formula is C17H19N5O8. The van der Waals surface area contributed by atoms with E-state index >= 15 is 0 Å². The summed E-state index contributed by atoms with van der Waals surface area (Å²) in [7, 11) is 0. The summed E-state index contributed by atoms with van der Waals surface area (Å²) in [5.41, 5.74) is -1.40. The van der Waals surface area contributed by atoms with Crippen molar-refractivity contribution in [1.29, 1.82) is 0 Å². The van der Waals surface area contributed by atoms with Crippen LogP contribution >= 0.6 is 0 Å². The van der Waals surface area contributed by atoms with E-state index in [-0.39, 0.29) is 18.6 Å². The number of nitrogens with one attached hydrogen (secondary N) is 1. The van der Waals surface area contributed by atoms with Gasteiger partial charge in [0, 0.05) is 24.4 Å². The Morgan fingerprint density at radius 3 is 2.57 bits per heavy atom. The van der Waals surface area contributed by atoms with E-state index in [2.05, 4.69) is 10.3 Å². The van der Waals surface area contributed by atoms with E-state index in [0.29, 0.717) is 5.69 Å². The number of carbonyl (C=O) groups excluding carboxylic acids is 2. The van der Waals surface area contributed by atoms with Crippen molar-refractivity contribution in [2.24, 2.45) is 0 Å². The van der Waals surface area contributed by atoms with Gasteiger partial charge in [-0.25, -0.2) is 9.78 Å². The van der Waals surface area contributed by atoms with Crippen LogP contribution in [0.1, 0.15) is 26.5 Å². The minimum atomic E-state index is -1.15. The quantitative estimate of drug-likeness (QED) is 0.291. The van der Waals surface area contributed by atoms with Gasteiger partial charge in [-0.3, -0.25) is 34.9 Å². The molecular weight excluding hydrogens is 402 g/mol. The number of imidazole rings is 1. The second kappa shape index (κ2) is 8.98. The number of alkyl carbamates (subject to hydrolysis) is 1. The van der Waals surface area contributed by atoms with E-state index in [4.69, 9.17) is 9.47 Å². The molecule has 0 aliphatic rings. The zero-order valence-corrected chi connectivity index (χ0v) is 16.3. The number of nitro groups is 2. The highest BCUT2D eigenvalue weighted by molar-refractivity contribution is 5.68. The molecule has 1 heterocycles. The lowest BCUT2D eigenvalue weighted by Gasteiger charge is -2.23. The average molecular weight is 421 g/mol. The molecule has 13 nitrogen and oxygen atoms in total. The number of non-ortho nitro benzene ring substituents is 1. The molecule has 1 N–H and O–H groups in total. The molecule has 0 aliphatic heterocycles. The molecule has 0 unspecified atom stereocenters. The summed E-state index contributed by atoms with van der Waals surface area (Å²) < 4.78 is 11.3. The van der Waals surface area contributed by atoms with Crippen molar-refractivity contribution in [3.05, 3.63) is 56.6 Å². The van der Waals surface area contributed by atoms with Gasteiger partial charge in [0.15, 0.2) is 6.23 Å². The van der Waals surface area contributed by atoms with Crippen LogP contribution in [0.2, 0.25) is 0 Å². The number of carbonyl (C=O) groups is 2. The molecule has 13 heteroatoms. The molecule has 160 valence electrons. The Hall–Kier alpha value is -4.03. The van der Waals surface area contributed by atoms with Gasteiger partial charge in [0.25, 0.3) is 17.8 Å². The number of rotatable bonds is 8. The first-order valence-corrected chi connectivity index (χ1v) is 8.55. The zero-order valence-electron chi connectivity index (χ0n) is 16.3. The SMILES string of the molecule is CC(C)(C)OC(=O)N[C@@H](Cc1cncn1-c1ccc([N+](=O)[O-])cc1[N+](=O)[O-])OC=O. The largest absolute Gasteiger partial charge is 0.444 e.